The quantitative estimate of drug-likeness (QED) is 0.774. The molecule has 1 saturated heterocycles. The minimum absolute atomic E-state index is 0.112. The van der Waals surface area contributed by atoms with Crippen molar-refractivity contribution in [1.82, 2.24) is 9.88 Å². The number of rotatable bonds is 4. The Labute approximate surface area is 149 Å². The van der Waals surface area contributed by atoms with Crippen molar-refractivity contribution in [3.63, 3.8) is 0 Å². The van der Waals surface area contributed by atoms with Crippen LogP contribution >= 0.6 is 22.7 Å². The number of esters is 1. The third kappa shape index (κ3) is 4.02. The first-order valence-corrected chi connectivity index (χ1v) is 9.95. The molecule has 0 radical (unpaired) electrons. The molecule has 0 bridgehead atoms. The molecule has 1 aliphatic heterocycles. The zero-order valence-electron chi connectivity index (χ0n) is 13.6. The van der Waals surface area contributed by atoms with Gasteiger partial charge in [0, 0.05) is 29.4 Å². The smallest absolute Gasteiger partial charge is 0.358 e. The molecule has 0 N–H and O–H groups in total. The van der Waals surface area contributed by atoms with Crippen LogP contribution in [0.15, 0.2) is 22.2 Å². The third-order valence-electron chi connectivity index (χ3n) is 4.03. The van der Waals surface area contributed by atoms with Crippen LogP contribution in [0.1, 0.15) is 43.1 Å². The van der Waals surface area contributed by atoms with Crippen molar-refractivity contribution in [3.05, 3.63) is 27.9 Å². The Kier molecular flexibility index (Phi) is 5.63. The number of carbonyl (C=O) groups is 2. The molecule has 1 amide bonds. The number of amides is 1. The monoisotopic (exact) mass is 364 g/mol. The van der Waals surface area contributed by atoms with Gasteiger partial charge in [0.2, 0.25) is 0 Å². The van der Waals surface area contributed by atoms with Crippen molar-refractivity contribution < 1.29 is 14.3 Å². The number of carbonyl (C=O) groups excluding carboxylic acids is 2. The Bertz CT molecular complexity index is 689. The van der Waals surface area contributed by atoms with E-state index in [0.717, 1.165) is 49.3 Å². The molecule has 2 aromatic rings. The van der Waals surface area contributed by atoms with E-state index in [4.69, 9.17) is 4.74 Å². The van der Waals surface area contributed by atoms with Crippen LogP contribution < -0.4 is 0 Å². The topological polar surface area (TPSA) is 59.5 Å². The van der Waals surface area contributed by atoms with Crippen molar-refractivity contribution in [2.45, 2.75) is 38.7 Å². The van der Waals surface area contributed by atoms with Crippen molar-refractivity contribution in [3.8, 4) is 10.6 Å². The maximum Gasteiger partial charge on any atom is 0.358 e. The molecule has 0 saturated carbocycles. The molecule has 1 atom stereocenters. The lowest BCUT2D eigenvalue weighted by Crippen LogP contribution is -2.40. The van der Waals surface area contributed by atoms with E-state index in [1.165, 1.54) is 11.3 Å². The van der Waals surface area contributed by atoms with E-state index in [-0.39, 0.29) is 11.6 Å². The molecule has 0 aromatic carbocycles. The van der Waals surface area contributed by atoms with E-state index in [0.29, 0.717) is 0 Å². The Hall–Kier alpha value is -1.73. The van der Waals surface area contributed by atoms with E-state index in [2.05, 4.69) is 4.98 Å². The van der Waals surface area contributed by atoms with Gasteiger partial charge in [-0.05, 0) is 31.2 Å². The van der Waals surface area contributed by atoms with Crippen LogP contribution in [-0.4, -0.2) is 41.0 Å². The molecular formula is C17H20N2O3S2. The number of likely N-dealkylation sites (tertiary alicyclic amines) is 1. The maximum atomic E-state index is 12.4. The fourth-order valence-corrected chi connectivity index (χ4v) is 4.21. The summed E-state index contributed by atoms with van der Waals surface area (Å²) in [4.78, 5) is 30.8. The van der Waals surface area contributed by atoms with E-state index in [9.17, 15) is 9.59 Å². The summed E-state index contributed by atoms with van der Waals surface area (Å²) >= 11 is 2.99. The average Bonchev–Trinajstić information content (AvgIpc) is 3.20. The van der Waals surface area contributed by atoms with Gasteiger partial charge < -0.3 is 9.64 Å². The van der Waals surface area contributed by atoms with Crippen LogP contribution in [0.25, 0.3) is 10.6 Å². The molecule has 0 spiro atoms. The van der Waals surface area contributed by atoms with Crippen LogP contribution in [-0.2, 0) is 9.53 Å². The first-order chi connectivity index (χ1) is 11.6. The fraction of sp³-hybridized carbons (Fsp3) is 0.471. The van der Waals surface area contributed by atoms with Crippen LogP contribution in [0.5, 0.6) is 0 Å². The van der Waals surface area contributed by atoms with Gasteiger partial charge in [0.1, 0.15) is 5.01 Å². The summed E-state index contributed by atoms with van der Waals surface area (Å²) in [6.07, 6.45) is 3.57. The van der Waals surface area contributed by atoms with E-state index in [1.54, 1.807) is 23.6 Å². The van der Waals surface area contributed by atoms with E-state index >= 15 is 0 Å². The van der Waals surface area contributed by atoms with Gasteiger partial charge in [-0.25, -0.2) is 9.78 Å². The zero-order chi connectivity index (χ0) is 16.9. The molecule has 1 unspecified atom stereocenters. The minimum atomic E-state index is -0.776. The fourth-order valence-electron chi connectivity index (χ4n) is 2.71. The Balaban J connectivity index is 1.60. The normalized spacial score (nSPS) is 16.5. The first-order valence-electron chi connectivity index (χ1n) is 8.13. The van der Waals surface area contributed by atoms with Crippen LogP contribution in [0.2, 0.25) is 0 Å². The predicted molar refractivity (Wildman–Crippen MR) is 95.4 cm³/mol. The lowest BCUT2D eigenvalue weighted by Gasteiger charge is -2.23. The number of hydrogen-bond donors (Lipinski definition) is 0. The van der Waals surface area contributed by atoms with Gasteiger partial charge in [-0.1, -0.05) is 12.8 Å². The molecule has 24 heavy (non-hydrogen) atoms. The lowest BCUT2D eigenvalue weighted by atomic mass is 10.2. The van der Waals surface area contributed by atoms with Gasteiger partial charge in [-0.2, -0.15) is 11.3 Å². The van der Waals surface area contributed by atoms with E-state index < -0.39 is 12.1 Å². The highest BCUT2D eigenvalue weighted by Gasteiger charge is 2.25. The molecule has 0 aliphatic carbocycles. The van der Waals surface area contributed by atoms with Crippen LogP contribution in [0, 0.1) is 0 Å². The number of thiophene rings is 1. The summed E-state index contributed by atoms with van der Waals surface area (Å²) in [5.41, 5.74) is 1.26. The number of ether oxygens (including phenoxy) is 1. The molecule has 1 fully saturated rings. The highest BCUT2D eigenvalue weighted by Crippen LogP contribution is 2.26. The summed E-state index contributed by atoms with van der Waals surface area (Å²) in [6.45, 7) is 3.14. The van der Waals surface area contributed by atoms with E-state index in [1.807, 2.05) is 21.7 Å². The van der Waals surface area contributed by atoms with Crippen molar-refractivity contribution in [2.24, 2.45) is 0 Å². The first kappa shape index (κ1) is 17.1. The summed E-state index contributed by atoms with van der Waals surface area (Å²) in [7, 11) is 0. The summed E-state index contributed by atoms with van der Waals surface area (Å²) in [5, 5.41) is 6.42. The second-order valence-electron chi connectivity index (χ2n) is 5.84. The van der Waals surface area contributed by atoms with Crippen molar-refractivity contribution >= 4 is 34.6 Å². The number of thiazole rings is 1. The molecular weight excluding hydrogens is 344 g/mol. The Morgan fingerprint density at radius 1 is 1.21 bits per heavy atom. The standard InChI is InChI=1S/C17H20N2O3S2/c1-12(16(20)19-7-4-2-3-5-8-19)22-17(21)14-11-24-15(18-14)13-6-9-23-10-13/h6,9-12H,2-5,7-8H2,1H3. The summed E-state index contributed by atoms with van der Waals surface area (Å²) in [6, 6.07) is 1.96. The molecule has 3 rings (SSSR count). The molecule has 1 aliphatic rings. The second kappa shape index (κ2) is 7.90. The molecule has 3 heterocycles. The number of hydrogen-bond acceptors (Lipinski definition) is 6. The van der Waals surface area contributed by atoms with Gasteiger partial charge in [0.15, 0.2) is 11.8 Å². The summed E-state index contributed by atoms with van der Waals surface area (Å²) in [5.74, 6) is -0.651. The SMILES string of the molecule is CC(OC(=O)c1csc(-c2ccsc2)n1)C(=O)N1CCCCCC1. The summed E-state index contributed by atoms with van der Waals surface area (Å²) < 4.78 is 5.34. The van der Waals surface area contributed by atoms with Crippen LogP contribution in [0.4, 0.5) is 0 Å². The van der Waals surface area contributed by atoms with Gasteiger partial charge in [0.25, 0.3) is 5.91 Å². The predicted octanol–water partition coefficient (Wildman–Crippen LogP) is 3.82. The zero-order valence-corrected chi connectivity index (χ0v) is 15.2. The average molecular weight is 364 g/mol. The van der Waals surface area contributed by atoms with Gasteiger partial charge in [-0.15, -0.1) is 11.3 Å². The molecule has 7 heteroatoms. The van der Waals surface area contributed by atoms with Crippen LogP contribution in [0.3, 0.4) is 0 Å². The Morgan fingerprint density at radius 2 is 1.96 bits per heavy atom. The minimum Gasteiger partial charge on any atom is -0.448 e. The highest BCUT2D eigenvalue weighted by atomic mass is 32.1. The molecule has 2 aromatic heterocycles. The second-order valence-corrected chi connectivity index (χ2v) is 7.48. The van der Waals surface area contributed by atoms with Gasteiger partial charge in [-0.3, -0.25) is 4.79 Å². The lowest BCUT2D eigenvalue weighted by molar-refractivity contribution is -0.139. The highest BCUT2D eigenvalue weighted by molar-refractivity contribution is 7.14. The molecule has 128 valence electrons. The van der Waals surface area contributed by atoms with Crippen molar-refractivity contribution in [1.29, 1.82) is 0 Å². The Morgan fingerprint density at radius 3 is 2.62 bits per heavy atom. The third-order valence-corrected chi connectivity index (χ3v) is 5.61. The number of nitrogens with zero attached hydrogens (tertiary/aromatic N) is 2. The number of aromatic nitrogens is 1. The van der Waals surface area contributed by atoms with Gasteiger partial charge in [0.05, 0.1) is 0 Å². The van der Waals surface area contributed by atoms with Gasteiger partial charge >= 0.3 is 5.97 Å². The van der Waals surface area contributed by atoms with Crippen molar-refractivity contribution in [2.75, 3.05) is 13.1 Å². The largest absolute Gasteiger partial charge is 0.448 e. The molecule has 5 nitrogen and oxygen atoms in total. The maximum absolute atomic E-state index is 12.4.